The molecule has 0 atom stereocenters. The number of aromatic amines is 1. The molecule has 0 spiro atoms. The fraction of sp³-hybridized carbons (Fsp3) is 0. The number of halogens is 1. The van der Waals surface area contributed by atoms with E-state index in [0.717, 1.165) is 27.9 Å². The van der Waals surface area contributed by atoms with E-state index in [9.17, 15) is 4.39 Å². The fourth-order valence-corrected chi connectivity index (χ4v) is 2.87. The lowest BCUT2D eigenvalue weighted by Gasteiger charge is -2.10. The minimum absolute atomic E-state index is 0.264. The normalized spacial score (nSPS) is 10.1. The Hall–Kier alpha value is -4.17. The molecule has 5 heteroatoms. The summed E-state index contributed by atoms with van der Waals surface area (Å²) >= 11 is 0. The first kappa shape index (κ1) is 18.2. The number of nitrogens with zero attached hydrogens (tertiary/aromatic N) is 2. The quantitative estimate of drug-likeness (QED) is 0.485. The number of pyridine rings is 1. The second-order valence-electron chi connectivity index (χ2n) is 6.35. The maximum Gasteiger partial charge on any atom is 0.123 e. The molecule has 4 rings (SSSR count). The molecule has 0 radical (unpaired) electrons. The highest BCUT2D eigenvalue weighted by atomic mass is 19.1. The molecule has 0 fully saturated rings. The smallest absolute Gasteiger partial charge is 0.123 e. The van der Waals surface area contributed by atoms with Crippen LogP contribution in [0.5, 0.6) is 0 Å². The monoisotopic (exact) mass is 380 g/mol. The van der Waals surface area contributed by atoms with Crippen LogP contribution < -0.4 is 5.32 Å². The van der Waals surface area contributed by atoms with Crippen LogP contribution in [0.25, 0.3) is 16.8 Å². The van der Waals surface area contributed by atoms with Crippen LogP contribution in [0.3, 0.4) is 0 Å². The summed E-state index contributed by atoms with van der Waals surface area (Å²) in [5.74, 6) is 5.89. The molecular formula is C24H17FN4. The van der Waals surface area contributed by atoms with E-state index in [2.05, 4.69) is 38.9 Å². The lowest BCUT2D eigenvalue weighted by atomic mass is 10.0. The van der Waals surface area contributed by atoms with E-state index in [0.29, 0.717) is 11.4 Å². The molecule has 0 saturated carbocycles. The molecule has 0 aliphatic rings. The minimum atomic E-state index is -0.264. The van der Waals surface area contributed by atoms with Gasteiger partial charge in [-0.1, -0.05) is 42.7 Å². The summed E-state index contributed by atoms with van der Waals surface area (Å²) in [7, 11) is 0. The molecule has 0 unspecified atom stereocenters. The molecule has 29 heavy (non-hydrogen) atoms. The molecule has 0 aliphatic carbocycles. The van der Waals surface area contributed by atoms with Gasteiger partial charge in [0.2, 0.25) is 0 Å². The van der Waals surface area contributed by atoms with E-state index in [1.165, 1.54) is 12.1 Å². The van der Waals surface area contributed by atoms with Gasteiger partial charge in [-0.15, -0.1) is 0 Å². The van der Waals surface area contributed by atoms with Gasteiger partial charge in [0.25, 0.3) is 0 Å². The van der Waals surface area contributed by atoms with Gasteiger partial charge in [-0.2, -0.15) is 5.10 Å². The number of anilines is 1. The Bertz CT molecular complexity index is 1220. The van der Waals surface area contributed by atoms with Gasteiger partial charge in [0.1, 0.15) is 5.82 Å². The summed E-state index contributed by atoms with van der Waals surface area (Å²) in [4.78, 5) is 4.06. The van der Waals surface area contributed by atoms with Crippen molar-refractivity contribution in [1.29, 1.82) is 0 Å². The van der Waals surface area contributed by atoms with Gasteiger partial charge in [0, 0.05) is 23.6 Å². The number of H-pyrrole nitrogens is 1. The fourth-order valence-electron chi connectivity index (χ4n) is 2.87. The van der Waals surface area contributed by atoms with Crippen molar-refractivity contribution in [3.8, 4) is 23.0 Å². The molecule has 2 N–H and O–H groups in total. The van der Waals surface area contributed by atoms with E-state index in [1.54, 1.807) is 24.7 Å². The van der Waals surface area contributed by atoms with Gasteiger partial charge in [-0.05, 0) is 47.5 Å². The maximum absolute atomic E-state index is 13.5. The summed E-state index contributed by atoms with van der Waals surface area (Å²) in [6, 6.07) is 17.9. The van der Waals surface area contributed by atoms with Crippen molar-refractivity contribution in [2.45, 2.75) is 0 Å². The van der Waals surface area contributed by atoms with E-state index >= 15 is 0 Å². The third kappa shape index (κ3) is 4.40. The highest BCUT2D eigenvalue weighted by Gasteiger charge is 2.08. The Morgan fingerprint density at radius 2 is 1.79 bits per heavy atom. The van der Waals surface area contributed by atoms with Gasteiger partial charge < -0.3 is 5.32 Å². The number of hydrogen-bond acceptors (Lipinski definition) is 3. The molecule has 2 aromatic carbocycles. The average Bonchev–Trinajstić information content (AvgIpc) is 3.22. The van der Waals surface area contributed by atoms with E-state index in [1.807, 2.05) is 42.5 Å². The number of hydrogen-bond donors (Lipinski definition) is 2. The number of nitrogens with one attached hydrogen (secondary N) is 2. The zero-order valence-electron chi connectivity index (χ0n) is 15.5. The largest absolute Gasteiger partial charge is 0.354 e. The minimum Gasteiger partial charge on any atom is -0.354 e. The highest BCUT2D eigenvalue weighted by molar-refractivity contribution is 5.78. The Morgan fingerprint density at radius 1 is 0.966 bits per heavy atom. The first-order chi connectivity index (χ1) is 14.2. The third-order valence-corrected chi connectivity index (χ3v) is 4.26. The Balaban J connectivity index is 1.55. The average molecular weight is 380 g/mol. The van der Waals surface area contributed by atoms with Crippen LogP contribution in [0.1, 0.15) is 16.8 Å². The second kappa shape index (κ2) is 8.24. The van der Waals surface area contributed by atoms with E-state index in [4.69, 9.17) is 0 Å². The lowest BCUT2D eigenvalue weighted by molar-refractivity contribution is 0.628. The highest BCUT2D eigenvalue weighted by Crippen LogP contribution is 2.25. The topological polar surface area (TPSA) is 53.6 Å². The SMILES string of the molecule is C=C(Nc1cccc(-c2cccc(F)c2)c1)c1[nH]ncc1C#Cc1cccnc1. The van der Waals surface area contributed by atoms with Crippen molar-refractivity contribution >= 4 is 11.4 Å². The van der Waals surface area contributed by atoms with Gasteiger partial charge in [-0.3, -0.25) is 10.1 Å². The van der Waals surface area contributed by atoms with Crippen molar-refractivity contribution in [2.75, 3.05) is 5.32 Å². The molecule has 4 aromatic rings. The number of rotatable bonds is 4. The van der Waals surface area contributed by atoms with Crippen LogP contribution in [-0.4, -0.2) is 15.2 Å². The summed E-state index contributed by atoms with van der Waals surface area (Å²) in [5, 5.41) is 10.3. The molecule has 0 bridgehead atoms. The van der Waals surface area contributed by atoms with E-state index in [-0.39, 0.29) is 5.82 Å². The Morgan fingerprint density at radius 3 is 2.59 bits per heavy atom. The molecular weight excluding hydrogens is 363 g/mol. The summed E-state index contributed by atoms with van der Waals surface area (Å²) in [6.45, 7) is 4.10. The van der Waals surface area contributed by atoms with Crippen molar-refractivity contribution in [3.05, 3.63) is 108 Å². The van der Waals surface area contributed by atoms with E-state index < -0.39 is 0 Å². The second-order valence-corrected chi connectivity index (χ2v) is 6.35. The summed E-state index contributed by atoms with van der Waals surface area (Å²) in [5.41, 5.74) is 5.44. The van der Waals surface area contributed by atoms with Gasteiger partial charge in [0.05, 0.1) is 23.2 Å². The summed E-state index contributed by atoms with van der Waals surface area (Å²) < 4.78 is 13.5. The van der Waals surface area contributed by atoms with Gasteiger partial charge >= 0.3 is 0 Å². The summed E-state index contributed by atoms with van der Waals surface area (Å²) in [6.07, 6.45) is 5.07. The number of benzene rings is 2. The van der Waals surface area contributed by atoms with Gasteiger partial charge in [-0.25, -0.2) is 4.39 Å². The van der Waals surface area contributed by atoms with Crippen LogP contribution in [0.4, 0.5) is 10.1 Å². The Kier molecular flexibility index (Phi) is 5.17. The van der Waals surface area contributed by atoms with Crippen LogP contribution in [0.15, 0.2) is 85.8 Å². The third-order valence-electron chi connectivity index (χ3n) is 4.26. The van der Waals surface area contributed by atoms with Gasteiger partial charge in [0.15, 0.2) is 0 Å². The van der Waals surface area contributed by atoms with Crippen LogP contribution in [-0.2, 0) is 0 Å². The molecule has 0 aliphatic heterocycles. The predicted octanol–water partition coefficient (Wildman–Crippen LogP) is 5.09. The zero-order valence-corrected chi connectivity index (χ0v) is 15.5. The lowest BCUT2D eigenvalue weighted by Crippen LogP contribution is -2.00. The first-order valence-corrected chi connectivity index (χ1v) is 8.97. The molecule has 4 nitrogen and oxygen atoms in total. The molecule has 140 valence electrons. The Labute approximate surface area is 168 Å². The van der Waals surface area contributed by atoms with Crippen molar-refractivity contribution in [3.63, 3.8) is 0 Å². The standard InChI is InChI=1S/C24H17FN4/c1-17(24-21(16-27-29-24)11-10-18-5-4-12-26-15-18)28-23-9-3-7-20(14-23)19-6-2-8-22(25)13-19/h2-9,12-16,28H,1H2,(H,27,29). The molecule has 0 saturated heterocycles. The van der Waals surface area contributed by atoms with Crippen LogP contribution in [0.2, 0.25) is 0 Å². The molecule has 0 amide bonds. The molecule has 2 heterocycles. The van der Waals surface area contributed by atoms with Crippen molar-refractivity contribution in [1.82, 2.24) is 15.2 Å². The predicted molar refractivity (Wildman–Crippen MR) is 113 cm³/mol. The number of aromatic nitrogens is 3. The first-order valence-electron chi connectivity index (χ1n) is 8.97. The van der Waals surface area contributed by atoms with Crippen molar-refractivity contribution < 1.29 is 4.39 Å². The zero-order chi connectivity index (χ0) is 20.1. The van der Waals surface area contributed by atoms with Crippen LogP contribution in [0, 0.1) is 17.7 Å². The van der Waals surface area contributed by atoms with Crippen LogP contribution >= 0.6 is 0 Å². The molecule has 2 aromatic heterocycles. The van der Waals surface area contributed by atoms with Crippen molar-refractivity contribution in [2.24, 2.45) is 0 Å². The maximum atomic E-state index is 13.5.